The molecule has 0 spiro atoms. The predicted molar refractivity (Wildman–Crippen MR) is 89.2 cm³/mol. The molecule has 0 saturated carbocycles. The Hall–Kier alpha value is -0.710. The third kappa shape index (κ3) is 3.30. The molecule has 1 aromatic heterocycles. The summed E-state index contributed by atoms with van der Waals surface area (Å²) < 4.78 is 6.74. The summed E-state index contributed by atoms with van der Waals surface area (Å²) in [6.07, 6.45) is 0.0205. The van der Waals surface area contributed by atoms with Crippen LogP contribution in [0.3, 0.4) is 0 Å². The van der Waals surface area contributed by atoms with Crippen LogP contribution >= 0.6 is 27.3 Å². The highest BCUT2D eigenvalue weighted by molar-refractivity contribution is 9.10. The molecule has 4 heteroatoms. The molecule has 2 rings (SSSR count). The summed E-state index contributed by atoms with van der Waals surface area (Å²) in [6.45, 7) is 8.65. The lowest BCUT2D eigenvalue weighted by atomic mass is 9.89. The van der Waals surface area contributed by atoms with Gasteiger partial charge in [-0.3, -0.25) is 0 Å². The Morgan fingerprint density at radius 2 is 2.00 bits per heavy atom. The average molecular weight is 354 g/mol. The Kier molecular flexibility index (Phi) is 4.67. The highest BCUT2D eigenvalue weighted by Crippen LogP contribution is 2.40. The van der Waals surface area contributed by atoms with E-state index in [4.69, 9.17) is 9.72 Å². The first-order valence-corrected chi connectivity index (χ1v) is 8.20. The van der Waals surface area contributed by atoms with Crippen molar-refractivity contribution in [3.8, 4) is 11.3 Å². The number of hydrogen-bond donors (Lipinski definition) is 0. The monoisotopic (exact) mass is 353 g/mol. The fourth-order valence-electron chi connectivity index (χ4n) is 2.26. The first-order chi connectivity index (χ1) is 9.32. The molecule has 1 heterocycles. The normalized spacial score (nSPS) is 13.5. The van der Waals surface area contributed by atoms with Gasteiger partial charge in [-0.25, -0.2) is 4.98 Å². The van der Waals surface area contributed by atoms with Gasteiger partial charge in [0.25, 0.3) is 0 Å². The van der Waals surface area contributed by atoms with Crippen molar-refractivity contribution >= 4 is 27.3 Å². The zero-order chi connectivity index (χ0) is 14.9. The molecule has 2 nitrogen and oxygen atoms in total. The van der Waals surface area contributed by atoms with Crippen molar-refractivity contribution in [2.24, 2.45) is 5.41 Å². The van der Waals surface area contributed by atoms with E-state index in [9.17, 15) is 0 Å². The van der Waals surface area contributed by atoms with Crippen LogP contribution in [0.5, 0.6) is 0 Å². The Morgan fingerprint density at radius 1 is 1.30 bits per heavy atom. The largest absolute Gasteiger partial charge is 0.374 e. The molecular formula is C16H20BrNOS. The summed E-state index contributed by atoms with van der Waals surface area (Å²) in [6, 6.07) is 8.26. The number of hydrogen-bond acceptors (Lipinski definition) is 3. The molecule has 0 aliphatic heterocycles. The summed E-state index contributed by atoms with van der Waals surface area (Å²) in [5.41, 5.74) is 2.23. The van der Waals surface area contributed by atoms with Gasteiger partial charge < -0.3 is 4.74 Å². The third-order valence-electron chi connectivity index (χ3n) is 3.16. The minimum Gasteiger partial charge on any atom is -0.374 e. The van der Waals surface area contributed by atoms with Crippen LogP contribution in [0.2, 0.25) is 0 Å². The fraction of sp³-hybridized carbons (Fsp3) is 0.438. The molecule has 0 saturated heterocycles. The van der Waals surface area contributed by atoms with Gasteiger partial charge in [0, 0.05) is 22.0 Å². The summed E-state index contributed by atoms with van der Waals surface area (Å²) in [4.78, 5) is 6.06. The molecule has 20 heavy (non-hydrogen) atoms. The third-order valence-corrected chi connectivity index (χ3v) is 4.67. The van der Waals surface area contributed by atoms with Crippen LogP contribution in [0.4, 0.5) is 0 Å². The van der Waals surface area contributed by atoms with Crippen LogP contribution < -0.4 is 0 Å². The minimum absolute atomic E-state index is 0.0205. The molecule has 108 valence electrons. The van der Waals surface area contributed by atoms with Crippen molar-refractivity contribution in [1.29, 1.82) is 0 Å². The van der Waals surface area contributed by atoms with Gasteiger partial charge in [0.2, 0.25) is 0 Å². The van der Waals surface area contributed by atoms with Crippen molar-refractivity contribution in [3.05, 3.63) is 38.6 Å². The van der Waals surface area contributed by atoms with Crippen LogP contribution in [0.15, 0.2) is 28.7 Å². The number of ether oxygens (including phenoxy) is 1. The first kappa shape index (κ1) is 15.7. The molecule has 0 aliphatic rings. The second kappa shape index (κ2) is 5.96. The molecular weight excluding hydrogens is 334 g/mol. The maximum atomic E-state index is 5.67. The summed E-state index contributed by atoms with van der Waals surface area (Å²) in [5, 5.41) is 1.05. The molecule has 1 aromatic carbocycles. The second-order valence-corrected chi connectivity index (χ2v) is 8.10. The Balaban J connectivity index is 2.44. The molecule has 0 N–H and O–H groups in total. The maximum Gasteiger partial charge on any atom is 0.123 e. The summed E-state index contributed by atoms with van der Waals surface area (Å²) >= 11 is 5.24. The number of aromatic nitrogens is 1. The summed E-state index contributed by atoms with van der Waals surface area (Å²) in [7, 11) is 1.76. The molecule has 1 unspecified atom stereocenters. The predicted octanol–water partition coefficient (Wildman–Crippen LogP) is 5.61. The SMILES string of the molecule is COC(c1nc(-c2cccc(Br)c2)c(C)s1)C(C)(C)C. The Morgan fingerprint density at radius 3 is 2.55 bits per heavy atom. The zero-order valence-corrected chi connectivity index (χ0v) is 14.9. The van der Waals surface area contributed by atoms with Gasteiger partial charge in [0.1, 0.15) is 11.1 Å². The number of thiazole rings is 1. The van der Waals surface area contributed by atoms with E-state index in [-0.39, 0.29) is 11.5 Å². The van der Waals surface area contributed by atoms with Crippen LogP contribution in [0, 0.1) is 12.3 Å². The molecule has 0 radical (unpaired) electrons. The number of aryl methyl sites for hydroxylation is 1. The van der Waals surface area contributed by atoms with Gasteiger partial charge in [0.15, 0.2) is 0 Å². The van der Waals surface area contributed by atoms with Gasteiger partial charge in [-0.2, -0.15) is 0 Å². The number of halogens is 1. The van der Waals surface area contributed by atoms with E-state index in [1.165, 1.54) is 4.88 Å². The van der Waals surface area contributed by atoms with E-state index in [0.717, 1.165) is 20.7 Å². The first-order valence-electron chi connectivity index (χ1n) is 6.59. The average Bonchev–Trinajstić information content (AvgIpc) is 2.70. The standard InChI is InChI=1S/C16H20BrNOS/c1-10-13(11-7-6-8-12(17)9-11)18-15(20-10)14(19-5)16(2,3)4/h6-9,14H,1-5H3. The second-order valence-electron chi connectivity index (χ2n) is 5.95. The molecule has 1 atom stereocenters. The van der Waals surface area contributed by atoms with E-state index < -0.39 is 0 Å². The van der Waals surface area contributed by atoms with Gasteiger partial charge in [-0.1, -0.05) is 48.8 Å². The zero-order valence-electron chi connectivity index (χ0n) is 12.5. The highest BCUT2D eigenvalue weighted by atomic mass is 79.9. The van der Waals surface area contributed by atoms with Crippen molar-refractivity contribution in [2.45, 2.75) is 33.8 Å². The number of nitrogens with zero attached hydrogens (tertiary/aromatic N) is 1. The molecule has 2 aromatic rings. The van der Waals surface area contributed by atoms with Crippen molar-refractivity contribution in [3.63, 3.8) is 0 Å². The molecule has 0 bridgehead atoms. The number of rotatable bonds is 3. The van der Waals surface area contributed by atoms with E-state index >= 15 is 0 Å². The van der Waals surface area contributed by atoms with Gasteiger partial charge in [-0.05, 0) is 24.5 Å². The Bertz CT molecular complexity index is 601. The highest BCUT2D eigenvalue weighted by Gasteiger charge is 2.29. The van der Waals surface area contributed by atoms with E-state index in [1.54, 1.807) is 18.4 Å². The summed E-state index contributed by atoms with van der Waals surface area (Å²) in [5.74, 6) is 0. The fourth-order valence-corrected chi connectivity index (χ4v) is 3.92. The van der Waals surface area contributed by atoms with Crippen LogP contribution in [-0.2, 0) is 4.74 Å². The quantitative estimate of drug-likeness (QED) is 0.714. The van der Waals surface area contributed by atoms with Gasteiger partial charge in [-0.15, -0.1) is 11.3 Å². The van der Waals surface area contributed by atoms with Crippen molar-refractivity contribution < 1.29 is 4.74 Å². The van der Waals surface area contributed by atoms with E-state index in [0.29, 0.717) is 0 Å². The topological polar surface area (TPSA) is 22.1 Å². The van der Waals surface area contributed by atoms with Gasteiger partial charge in [0.05, 0.1) is 5.69 Å². The van der Waals surface area contributed by atoms with Crippen molar-refractivity contribution in [1.82, 2.24) is 4.98 Å². The lowest BCUT2D eigenvalue weighted by Crippen LogP contribution is -2.19. The van der Waals surface area contributed by atoms with E-state index in [1.807, 2.05) is 12.1 Å². The smallest absolute Gasteiger partial charge is 0.123 e. The maximum absolute atomic E-state index is 5.67. The van der Waals surface area contributed by atoms with Crippen LogP contribution in [0.1, 0.15) is 36.8 Å². The minimum atomic E-state index is 0.0205. The number of methoxy groups -OCH3 is 1. The molecule has 0 aliphatic carbocycles. The van der Waals surface area contributed by atoms with Crippen molar-refractivity contribution in [2.75, 3.05) is 7.11 Å². The van der Waals surface area contributed by atoms with Crippen LogP contribution in [0.25, 0.3) is 11.3 Å². The van der Waals surface area contributed by atoms with Crippen LogP contribution in [-0.4, -0.2) is 12.1 Å². The lowest BCUT2D eigenvalue weighted by Gasteiger charge is -2.27. The van der Waals surface area contributed by atoms with Gasteiger partial charge >= 0.3 is 0 Å². The molecule has 0 amide bonds. The Labute approximate surface area is 133 Å². The molecule has 0 fully saturated rings. The number of benzene rings is 1. The lowest BCUT2D eigenvalue weighted by molar-refractivity contribution is 0.0151. The van der Waals surface area contributed by atoms with E-state index in [2.05, 4.69) is 55.8 Å².